The Morgan fingerprint density at radius 2 is 1.90 bits per heavy atom. The number of nitrogens with zero attached hydrogens (tertiary/aromatic N) is 3. The summed E-state index contributed by atoms with van der Waals surface area (Å²) in [6, 6.07) is 11.1. The van der Waals surface area contributed by atoms with Crippen LogP contribution in [0.25, 0.3) is 11.1 Å². The normalized spacial score (nSPS) is 19.9. The molecule has 0 bridgehead atoms. The Morgan fingerprint density at radius 1 is 1.06 bits per heavy atom. The number of hydrogen-bond acceptors (Lipinski definition) is 6. The zero-order valence-electron chi connectivity index (χ0n) is 17.5. The summed E-state index contributed by atoms with van der Waals surface area (Å²) < 4.78 is 11.2. The molecule has 0 radical (unpaired) electrons. The summed E-state index contributed by atoms with van der Waals surface area (Å²) in [6.07, 6.45) is 2.17. The number of benzene rings is 1. The van der Waals surface area contributed by atoms with Crippen LogP contribution in [0.2, 0.25) is 0 Å². The molecule has 2 aromatic rings. The number of carbonyl (C=O) groups is 2. The quantitative estimate of drug-likeness (QED) is 0.754. The number of morpholine rings is 2. The Bertz CT molecular complexity index is 912. The van der Waals surface area contributed by atoms with Crippen LogP contribution >= 0.6 is 0 Å². The molecule has 4 rings (SSSR count). The van der Waals surface area contributed by atoms with E-state index in [0.717, 1.165) is 23.4 Å². The average molecular weight is 425 g/mol. The van der Waals surface area contributed by atoms with Gasteiger partial charge in [-0.2, -0.15) is 0 Å². The lowest BCUT2D eigenvalue weighted by atomic mass is 10.0. The Morgan fingerprint density at radius 3 is 2.65 bits per heavy atom. The second-order valence-electron chi connectivity index (χ2n) is 7.82. The van der Waals surface area contributed by atoms with Gasteiger partial charge in [0.1, 0.15) is 6.10 Å². The number of ether oxygens (including phenoxy) is 2. The standard InChI is InChI=1S/C23H28N4O4/c24-23(29)18-3-1-2-17(14-18)19-4-5-20(25-15-19)21-16-26(8-13-31-21)7-6-22(28)27-9-11-30-12-10-27/h1-5,14-15,21H,6-13,16H2,(H2,24,29). The smallest absolute Gasteiger partial charge is 0.248 e. The highest BCUT2D eigenvalue weighted by Crippen LogP contribution is 2.24. The number of hydrogen-bond donors (Lipinski definition) is 1. The van der Waals surface area contributed by atoms with Crippen molar-refractivity contribution in [2.24, 2.45) is 5.73 Å². The van der Waals surface area contributed by atoms with Crippen molar-refractivity contribution in [2.45, 2.75) is 12.5 Å². The van der Waals surface area contributed by atoms with E-state index in [1.165, 1.54) is 0 Å². The summed E-state index contributed by atoms with van der Waals surface area (Å²) in [7, 11) is 0. The second kappa shape index (κ2) is 10.00. The first-order valence-electron chi connectivity index (χ1n) is 10.7. The van der Waals surface area contributed by atoms with Gasteiger partial charge in [-0.25, -0.2) is 0 Å². The minimum Gasteiger partial charge on any atom is -0.378 e. The van der Waals surface area contributed by atoms with Gasteiger partial charge in [-0.1, -0.05) is 18.2 Å². The third-order valence-corrected chi connectivity index (χ3v) is 5.75. The molecule has 0 spiro atoms. The molecule has 2 fully saturated rings. The fourth-order valence-corrected chi connectivity index (χ4v) is 3.93. The highest BCUT2D eigenvalue weighted by molar-refractivity contribution is 5.94. The molecule has 2 amide bonds. The molecule has 31 heavy (non-hydrogen) atoms. The van der Waals surface area contributed by atoms with E-state index in [4.69, 9.17) is 15.2 Å². The van der Waals surface area contributed by atoms with Crippen molar-refractivity contribution in [2.75, 3.05) is 52.5 Å². The lowest BCUT2D eigenvalue weighted by Gasteiger charge is -2.33. The molecule has 8 nitrogen and oxygen atoms in total. The topological polar surface area (TPSA) is 98.0 Å². The van der Waals surface area contributed by atoms with Crippen molar-refractivity contribution in [3.8, 4) is 11.1 Å². The van der Waals surface area contributed by atoms with Gasteiger partial charge >= 0.3 is 0 Å². The first-order valence-corrected chi connectivity index (χ1v) is 10.7. The largest absolute Gasteiger partial charge is 0.378 e. The van der Waals surface area contributed by atoms with E-state index >= 15 is 0 Å². The van der Waals surface area contributed by atoms with Crippen LogP contribution in [0.15, 0.2) is 42.6 Å². The number of amides is 2. The summed E-state index contributed by atoms with van der Waals surface area (Å²) in [5.74, 6) is -0.263. The van der Waals surface area contributed by atoms with Gasteiger partial charge in [-0.3, -0.25) is 19.5 Å². The van der Waals surface area contributed by atoms with Gasteiger partial charge in [-0.05, 0) is 23.8 Å². The average Bonchev–Trinajstić information content (AvgIpc) is 2.83. The van der Waals surface area contributed by atoms with Crippen LogP contribution in [-0.2, 0) is 14.3 Å². The number of nitrogens with two attached hydrogens (primary N) is 1. The SMILES string of the molecule is NC(=O)c1cccc(-c2ccc(C3CN(CCC(=O)N4CCOCC4)CCO3)nc2)c1. The van der Waals surface area contributed by atoms with Crippen LogP contribution in [0, 0.1) is 0 Å². The molecule has 0 aliphatic carbocycles. The molecule has 164 valence electrons. The highest BCUT2D eigenvalue weighted by Gasteiger charge is 2.24. The minimum atomic E-state index is -0.450. The van der Waals surface area contributed by atoms with Crippen molar-refractivity contribution >= 4 is 11.8 Å². The molecule has 2 aliphatic heterocycles. The second-order valence-corrected chi connectivity index (χ2v) is 7.82. The van der Waals surface area contributed by atoms with Gasteiger partial charge in [0, 0.05) is 56.5 Å². The van der Waals surface area contributed by atoms with E-state index in [9.17, 15) is 9.59 Å². The molecule has 1 atom stereocenters. The van der Waals surface area contributed by atoms with Gasteiger partial charge in [-0.15, -0.1) is 0 Å². The first kappa shape index (κ1) is 21.4. The maximum absolute atomic E-state index is 12.4. The fourth-order valence-electron chi connectivity index (χ4n) is 3.93. The number of aromatic nitrogens is 1. The molecular weight excluding hydrogens is 396 g/mol. The zero-order chi connectivity index (χ0) is 21.6. The van der Waals surface area contributed by atoms with Crippen molar-refractivity contribution in [1.29, 1.82) is 0 Å². The third-order valence-electron chi connectivity index (χ3n) is 5.75. The molecule has 2 aliphatic rings. The van der Waals surface area contributed by atoms with Gasteiger partial charge in [0.25, 0.3) is 0 Å². The molecule has 1 aromatic heterocycles. The van der Waals surface area contributed by atoms with Crippen LogP contribution in [-0.4, -0.2) is 79.1 Å². The van der Waals surface area contributed by atoms with Crippen molar-refractivity contribution in [1.82, 2.24) is 14.8 Å². The van der Waals surface area contributed by atoms with Gasteiger partial charge in [0.15, 0.2) is 0 Å². The number of carbonyl (C=O) groups excluding carboxylic acids is 2. The number of rotatable bonds is 6. The number of primary amides is 1. The maximum Gasteiger partial charge on any atom is 0.248 e. The van der Waals surface area contributed by atoms with E-state index in [2.05, 4.69) is 9.88 Å². The van der Waals surface area contributed by atoms with Crippen LogP contribution in [0.1, 0.15) is 28.6 Å². The predicted molar refractivity (Wildman–Crippen MR) is 115 cm³/mol. The van der Waals surface area contributed by atoms with Crippen molar-refractivity contribution < 1.29 is 19.1 Å². The Kier molecular flexibility index (Phi) is 6.91. The van der Waals surface area contributed by atoms with Crippen LogP contribution in [0.3, 0.4) is 0 Å². The van der Waals surface area contributed by atoms with Crippen LogP contribution in [0.4, 0.5) is 0 Å². The van der Waals surface area contributed by atoms with Crippen molar-refractivity contribution in [3.63, 3.8) is 0 Å². The lowest BCUT2D eigenvalue weighted by molar-refractivity contribution is -0.136. The summed E-state index contributed by atoms with van der Waals surface area (Å²) in [5.41, 5.74) is 8.51. The minimum absolute atomic E-state index is 0.127. The summed E-state index contributed by atoms with van der Waals surface area (Å²) in [5, 5.41) is 0. The molecule has 1 aromatic carbocycles. The monoisotopic (exact) mass is 424 g/mol. The molecule has 2 N–H and O–H groups in total. The third kappa shape index (κ3) is 5.46. The molecule has 2 saturated heterocycles. The predicted octanol–water partition coefficient (Wildman–Crippen LogP) is 1.47. The van der Waals surface area contributed by atoms with Crippen LogP contribution in [0.5, 0.6) is 0 Å². The highest BCUT2D eigenvalue weighted by atomic mass is 16.5. The lowest BCUT2D eigenvalue weighted by Crippen LogP contribution is -2.44. The fraction of sp³-hybridized carbons (Fsp3) is 0.435. The summed E-state index contributed by atoms with van der Waals surface area (Å²) >= 11 is 0. The zero-order valence-corrected chi connectivity index (χ0v) is 17.5. The van der Waals surface area contributed by atoms with E-state index in [1.54, 1.807) is 18.3 Å². The molecule has 8 heteroatoms. The molecule has 0 saturated carbocycles. The first-order chi connectivity index (χ1) is 15.1. The Balaban J connectivity index is 1.34. The van der Waals surface area contributed by atoms with Gasteiger partial charge in [0.05, 0.1) is 25.5 Å². The summed E-state index contributed by atoms with van der Waals surface area (Å²) in [6.45, 7) is 5.46. The van der Waals surface area contributed by atoms with E-state index < -0.39 is 5.91 Å². The van der Waals surface area contributed by atoms with Crippen molar-refractivity contribution in [3.05, 3.63) is 53.9 Å². The van der Waals surface area contributed by atoms with E-state index in [-0.39, 0.29) is 12.0 Å². The Labute approximate surface area is 181 Å². The van der Waals surface area contributed by atoms with Gasteiger partial charge in [0.2, 0.25) is 11.8 Å². The van der Waals surface area contributed by atoms with E-state index in [1.807, 2.05) is 29.2 Å². The number of pyridine rings is 1. The summed E-state index contributed by atoms with van der Waals surface area (Å²) in [4.78, 5) is 32.6. The molecule has 3 heterocycles. The van der Waals surface area contributed by atoms with E-state index in [0.29, 0.717) is 58.0 Å². The van der Waals surface area contributed by atoms with Gasteiger partial charge < -0.3 is 20.1 Å². The maximum atomic E-state index is 12.4. The van der Waals surface area contributed by atoms with Crippen LogP contribution < -0.4 is 5.73 Å². The molecule has 1 unspecified atom stereocenters. The Hall–Kier alpha value is -2.81. The molecular formula is C23H28N4O4.